The second-order valence-corrected chi connectivity index (χ2v) is 9.78. The van der Waals surface area contributed by atoms with E-state index in [4.69, 9.17) is 23.7 Å². The van der Waals surface area contributed by atoms with Gasteiger partial charge in [0.05, 0.1) is 7.11 Å². The number of cyclic esters (lactones) is 1. The van der Waals surface area contributed by atoms with Crippen LogP contribution in [0.15, 0.2) is 83.9 Å². The third-order valence-corrected chi connectivity index (χ3v) is 6.33. The van der Waals surface area contributed by atoms with Gasteiger partial charge in [-0.3, -0.25) is 0 Å². The third kappa shape index (κ3) is 7.67. The Morgan fingerprint density at radius 1 is 0.825 bits per heavy atom. The Labute approximate surface area is 234 Å². The van der Waals surface area contributed by atoms with Crippen molar-refractivity contribution in [3.63, 3.8) is 0 Å². The van der Waals surface area contributed by atoms with Crippen LogP contribution in [0.1, 0.15) is 37.0 Å². The number of carbonyl (C=O) groups excluding carboxylic acids is 2. The van der Waals surface area contributed by atoms with Crippen molar-refractivity contribution in [3.8, 4) is 29.1 Å². The van der Waals surface area contributed by atoms with Crippen LogP contribution >= 0.6 is 0 Å². The van der Waals surface area contributed by atoms with Gasteiger partial charge in [0.1, 0.15) is 30.5 Å². The van der Waals surface area contributed by atoms with Crippen LogP contribution < -0.4 is 14.2 Å². The molecule has 4 rings (SSSR count). The molecule has 3 aromatic carbocycles. The fourth-order valence-corrected chi connectivity index (χ4v) is 3.97. The lowest BCUT2D eigenvalue weighted by atomic mass is 9.97. The maximum absolute atomic E-state index is 12.5. The van der Waals surface area contributed by atoms with Crippen molar-refractivity contribution in [1.29, 1.82) is 0 Å². The molecule has 1 aliphatic heterocycles. The number of rotatable bonds is 9. The first-order chi connectivity index (χ1) is 19.2. The zero-order chi connectivity index (χ0) is 28.5. The van der Waals surface area contributed by atoms with Gasteiger partial charge in [-0.25, -0.2) is 9.59 Å². The van der Waals surface area contributed by atoms with Crippen LogP contribution in [0.3, 0.4) is 0 Å². The van der Waals surface area contributed by atoms with Gasteiger partial charge in [0, 0.05) is 23.1 Å². The van der Waals surface area contributed by atoms with Crippen molar-refractivity contribution in [2.24, 2.45) is 0 Å². The second kappa shape index (κ2) is 12.9. The molecule has 0 radical (unpaired) electrons. The quantitative estimate of drug-likeness (QED) is 0.204. The first-order valence-electron chi connectivity index (χ1n) is 12.9. The predicted octanol–water partition coefficient (Wildman–Crippen LogP) is 5.43. The Hall–Kier alpha value is -4.70. The summed E-state index contributed by atoms with van der Waals surface area (Å²) in [5.74, 6) is 6.99. The lowest BCUT2D eigenvalue weighted by Gasteiger charge is -2.26. The van der Waals surface area contributed by atoms with E-state index in [9.17, 15) is 9.59 Å². The van der Waals surface area contributed by atoms with E-state index < -0.39 is 17.5 Å². The monoisotopic (exact) mass is 540 g/mol. The maximum atomic E-state index is 12.5. The predicted molar refractivity (Wildman–Crippen MR) is 150 cm³/mol. The van der Waals surface area contributed by atoms with Crippen molar-refractivity contribution in [3.05, 3.63) is 101 Å². The molecule has 7 heteroatoms. The molecule has 1 heterocycles. The summed E-state index contributed by atoms with van der Waals surface area (Å²) >= 11 is 0. The van der Waals surface area contributed by atoms with Gasteiger partial charge in [0.2, 0.25) is 0 Å². The van der Waals surface area contributed by atoms with E-state index in [0.29, 0.717) is 22.8 Å². The van der Waals surface area contributed by atoms with E-state index in [0.717, 1.165) is 16.7 Å². The molecule has 0 aromatic heterocycles. The second-order valence-electron chi connectivity index (χ2n) is 9.78. The van der Waals surface area contributed by atoms with Crippen LogP contribution in [0, 0.1) is 18.8 Å². The summed E-state index contributed by atoms with van der Waals surface area (Å²) < 4.78 is 27.9. The zero-order valence-electron chi connectivity index (χ0n) is 23.1. The van der Waals surface area contributed by atoms with E-state index in [1.165, 1.54) is 5.56 Å². The Morgan fingerprint density at radius 3 is 1.95 bits per heavy atom. The minimum atomic E-state index is -1.14. The average molecular weight is 541 g/mol. The highest BCUT2D eigenvalue weighted by Crippen LogP contribution is 2.34. The van der Waals surface area contributed by atoms with Crippen LogP contribution in [0.2, 0.25) is 0 Å². The molecule has 1 unspecified atom stereocenters. The molecule has 0 aliphatic carbocycles. The number of hydrogen-bond donors (Lipinski definition) is 0. The number of carbonyl (C=O) groups is 2. The lowest BCUT2D eigenvalue weighted by molar-refractivity contribution is -0.166. The minimum absolute atomic E-state index is 0.0150. The van der Waals surface area contributed by atoms with Crippen molar-refractivity contribution >= 4 is 11.9 Å². The largest absolute Gasteiger partial charge is 0.497 e. The Bertz CT molecular complexity index is 1420. The standard InChI is InChI=1S/C33H32O7/c1-23(2)30-19-33(40-32(30)35,21-38-29-17-15-27(36-4)16-18-29)22-39-31(34)20-37-28-13-11-26(12-14-28)10-9-25-7-5-24(3)6-8-25/h5-8,11-18H,19-22H2,1-4H3. The van der Waals surface area contributed by atoms with E-state index in [2.05, 4.69) is 11.8 Å². The molecule has 3 aromatic rings. The number of methoxy groups -OCH3 is 1. The summed E-state index contributed by atoms with van der Waals surface area (Å²) in [4.78, 5) is 25.1. The number of allylic oxidation sites excluding steroid dienone is 1. The van der Waals surface area contributed by atoms with E-state index in [-0.39, 0.29) is 26.2 Å². The molecule has 0 N–H and O–H groups in total. The molecule has 0 amide bonds. The molecule has 1 fully saturated rings. The molecular formula is C33H32O7. The van der Waals surface area contributed by atoms with Crippen molar-refractivity contribution < 1.29 is 33.3 Å². The molecule has 1 aliphatic rings. The molecule has 1 atom stereocenters. The van der Waals surface area contributed by atoms with E-state index in [1.807, 2.05) is 57.2 Å². The van der Waals surface area contributed by atoms with Gasteiger partial charge in [0.25, 0.3) is 0 Å². The van der Waals surface area contributed by atoms with E-state index >= 15 is 0 Å². The van der Waals surface area contributed by atoms with Gasteiger partial charge in [-0.1, -0.05) is 35.1 Å². The highest BCUT2D eigenvalue weighted by atomic mass is 16.6. The Morgan fingerprint density at radius 2 is 1.38 bits per heavy atom. The normalized spacial score (nSPS) is 15.9. The highest BCUT2D eigenvalue weighted by Gasteiger charge is 2.46. The van der Waals surface area contributed by atoms with Crippen LogP contribution in [0.5, 0.6) is 17.2 Å². The fraction of sp³-hybridized carbons (Fsp3) is 0.273. The topological polar surface area (TPSA) is 80.3 Å². The summed E-state index contributed by atoms with van der Waals surface area (Å²) in [7, 11) is 1.58. The number of hydrogen-bond acceptors (Lipinski definition) is 7. The summed E-state index contributed by atoms with van der Waals surface area (Å²) in [6.07, 6.45) is 0.267. The molecule has 206 valence electrons. The van der Waals surface area contributed by atoms with Crippen LogP contribution in [-0.2, 0) is 19.1 Å². The van der Waals surface area contributed by atoms with Gasteiger partial charge in [0.15, 0.2) is 12.2 Å². The number of benzene rings is 3. The van der Waals surface area contributed by atoms with Crippen molar-refractivity contribution in [2.75, 3.05) is 26.9 Å². The molecule has 0 bridgehead atoms. The van der Waals surface area contributed by atoms with Gasteiger partial charge >= 0.3 is 11.9 Å². The van der Waals surface area contributed by atoms with E-state index in [1.54, 1.807) is 43.5 Å². The number of esters is 2. The van der Waals surface area contributed by atoms with Crippen molar-refractivity contribution in [2.45, 2.75) is 32.8 Å². The lowest BCUT2D eigenvalue weighted by Crippen LogP contribution is -2.42. The summed E-state index contributed by atoms with van der Waals surface area (Å²) in [6, 6.07) is 22.2. The zero-order valence-corrected chi connectivity index (χ0v) is 23.1. The molecule has 0 spiro atoms. The molecular weight excluding hydrogens is 508 g/mol. The smallest absolute Gasteiger partial charge is 0.344 e. The van der Waals surface area contributed by atoms with Crippen molar-refractivity contribution in [1.82, 2.24) is 0 Å². The van der Waals surface area contributed by atoms with Crippen LogP contribution in [0.4, 0.5) is 0 Å². The summed E-state index contributed by atoms with van der Waals surface area (Å²) in [6.45, 7) is 5.27. The fourth-order valence-electron chi connectivity index (χ4n) is 3.97. The molecule has 40 heavy (non-hydrogen) atoms. The highest BCUT2D eigenvalue weighted by molar-refractivity contribution is 5.92. The molecule has 7 nitrogen and oxygen atoms in total. The van der Waals surface area contributed by atoms with Gasteiger partial charge in [-0.2, -0.15) is 0 Å². The molecule has 1 saturated heterocycles. The third-order valence-electron chi connectivity index (χ3n) is 6.33. The Kier molecular flexibility index (Phi) is 9.13. The van der Waals surface area contributed by atoms with Gasteiger partial charge in [-0.15, -0.1) is 0 Å². The minimum Gasteiger partial charge on any atom is -0.497 e. The summed E-state index contributed by atoms with van der Waals surface area (Å²) in [5, 5.41) is 0. The van der Waals surface area contributed by atoms with Crippen LogP contribution in [-0.4, -0.2) is 44.5 Å². The number of ether oxygens (including phenoxy) is 5. The first-order valence-corrected chi connectivity index (χ1v) is 12.9. The SMILES string of the molecule is COc1ccc(OCC2(COC(=O)COc3ccc(C#Cc4ccc(C)cc4)cc3)CC(=C(C)C)C(=O)O2)cc1. The average Bonchev–Trinajstić information content (AvgIpc) is 3.31. The summed E-state index contributed by atoms with van der Waals surface area (Å²) in [5.41, 5.74) is 3.20. The van der Waals surface area contributed by atoms with Crippen LogP contribution in [0.25, 0.3) is 0 Å². The van der Waals surface area contributed by atoms with Gasteiger partial charge in [-0.05, 0) is 81.4 Å². The molecule has 0 saturated carbocycles. The van der Waals surface area contributed by atoms with Gasteiger partial charge < -0.3 is 23.7 Å². The Balaban J connectivity index is 1.32. The first kappa shape index (κ1) is 28.3. The number of aryl methyl sites for hydroxylation is 1. The maximum Gasteiger partial charge on any atom is 0.344 e.